The number of phenolic OH excluding ortho intramolecular Hbond substituents is 1. The monoisotopic (exact) mass is 599 g/mol. The molecule has 13 heteroatoms. The minimum Gasteiger partial charge on any atom is -0.508 e. The van der Waals surface area contributed by atoms with Crippen LogP contribution in [0, 0.1) is 12.5 Å². The number of aryl methyl sites for hydroxylation is 2. The summed E-state index contributed by atoms with van der Waals surface area (Å²) in [5.41, 5.74) is 9.17. The molecule has 3 rings (SSSR count). The van der Waals surface area contributed by atoms with Gasteiger partial charge >= 0.3 is 12.1 Å². The zero-order valence-electron chi connectivity index (χ0n) is 24.9. The van der Waals surface area contributed by atoms with Gasteiger partial charge in [-0.3, -0.25) is 14.4 Å². The van der Waals surface area contributed by atoms with Crippen LogP contribution in [0.1, 0.15) is 80.3 Å². The lowest BCUT2D eigenvalue weighted by Gasteiger charge is -2.13. The second-order valence-electron chi connectivity index (χ2n) is 9.20. The number of carboxylic acid groups (broad SMARTS) is 1. The van der Waals surface area contributed by atoms with Crippen molar-refractivity contribution in [3.8, 4) is 5.75 Å². The van der Waals surface area contributed by atoms with E-state index >= 15 is 0 Å². The fraction of sp³-hybridized carbons (Fsp3) is 0.433. The summed E-state index contributed by atoms with van der Waals surface area (Å²) in [6.45, 7) is 6.67. The summed E-state index contributed by atoms with van der Waals surface area (Å²) < 4.78 is 0. The number of amides is 4. The maximum Gasteiger partial charge on any atom is 0.432 e. The van der Waals surface area contributed by atoms with Crippen LogP contribution in [0.5, 0.6) is 5.75 Å². The molecular formula is C30H41N5O8. The van der Waals surface area contributed by atoms with Crippen molar-refractivity contribution in [2.24, 2.45) is 5.11 Å². The van der Waals surface area contributed by atoms with Crippen LogP contribution in [0.25, 0.3) is 0 Å². The van der Waals surface area contributed by atoms with Gasteiger partial charge in [0.15, 0.2) is 0 Å². The number of nitrogens with one attached hydrogen (secondary N) is 3. The third-order valence-electron chi connectivity index (χ3n) is 6.06. The molecule has 4 amide bonds. The van der Waals surface area contributed by atoms with Gasteiger partial charge in [-0.2, -0.15) is 5.11 Å². The Morgan fingerprint density at radius 3 is 2.12 bits per heavy atom. The van der Waals surface area contributed by atoms with Crippen LogP contribution in [0.15, 0.2) is 47.6 Å². The van der Waals surface area contributed by atoms with Gasteiger partial charge in [0.2, 0.25) is 5.91 Å². The number of benzene rings is 2. The molecule has 2 aromatic rings. The van der Waals surface area contributed by atoms with Crippen LogP contribution >= 0.6 is 0 Å². The van der Waals surface area contributed by atoms with Crippen LogP contribution < -0.4 is 10.6 Å². The molecule has 0 aliphatic carbocycles. The van der Waals surface area contributed by atoms with E-state index in [4.69, 9.17) is 10.6 Å². The van der Waals surface area contributed by atoms with Crippen LogP contribution in [-0.2, 0) is 25.6 Å². The number of aromatic carboxylic acids is 1. The largest absolute Gasteiger partial charge is 0.508 e. The topological polar surface area (TPSA) is 199 Å². The first kappa shape index (κ1) is 36.2. The van der Waals surface area contributed by atoms with Crippen molar-refractivity contribution in [2.45, 2.75) is 72.1 Å². The number of phenols is 1. The third-order valence-corrected chi connectivity index (χ3v) is 6.06. The van der Waals surface area contributed by atoms with E-state index in [1.165, 1.54) is 12.1 Å². The fourth-order valence-corrected chi connectivity index (χ4v) is 3.79. The molecule has 13 nitrogen and oxygen atoms in total. The van der Waals surface area contributed by atoms with Gasteiger partial charge in [0.25, 0.3) is 11.8 Å². The molecule has 0 radical (unpaired) electrons. The molecule has 0 atom stereocenters. The standard InChI is InChI=1S/C20H27N5O6.C8H8O2.C2H6/c21-24-15-6-7-16(26)14(13-15)5-8-17(27)22-11-3-1-2-4-12-23-20(30)31-25-18(28)9-10-19(25)29;1-6-4-2-3-5-7(6)8(9)10;1-2/h6-7,13,21,26H,1-5,8-12H2,(H,22,27)(H,23,30);2-5H,1H3,(H,9,10);1-2H3. The van der Waals surface area contributed by atoms with Gasteiger partial charge in [-0.25, -0.2) is 15.1 Å². The first-order valence-corrected chi connectivity index (χ1v) is 14.2. The average Bonchev–Trinajstić information content (AvgIpc) is 3.31. The molecule has 0 bridgehead atoms. The minimum atomic E-state index is -0.863. The quantitative estimate of drug-likeness (QED) is 0.118. The van der Waals surface area contributed by atoms with Crippen LogP contribution in [0.4, 0.5) is 10.5 Å². The SMILES string of the molecule is CC.Cc1ccccc1C(=O)O.N=Nc1ccc(O)c(CCC(=O)NCCCCCCNC(=O)ON2C(=O)CCC2=O)c1. The van der Waals surface area contributed by atoms with Gasteiger partial charge in [0.1, 0.15) is 5.75 Å². The number of hydrogen-bond donors (Lipinski definition) is 5. The molecule has 1 heterocycles. The molecule has 0 spiro atoms. The zero-order chi connectivity index (χ0) is 32.2. The Balaban J connectivity index is 0.000000644. The van der Waals surface area contributed by atoms with Crippen LogP contribution in [0.2, 0.25) is 0 Å². The molecule has 1 aliphatic heterocycles. The van der Waals surface area contributed by atoms with Crippen molar-refractivity contribution >= 4 is 35.5 Å². The number of hydrogen-bond acceptors (Lipinski definition) is 9. The predicted octanol–water partition coefficient (Wildman–Crippen LogP) is 5.17. The molecular weight excluding hydrogens is 558 g/mol. The number of carbonyl (C=O) groups is 5. The van der Waals surface area contributed by atoms with Gasteiger partial charge in [-0.15, -0.1) is 5.06 Å². The highest BCUT2D eigenvalue weighted by atomic mass is 16.7. The van der Waals surface area contributed by atoms with Crippen molar-refractivity contribution in [3.05, 3.63) is 59.2 Å². The second-order valence-corrected chi connectivity index (χ2v) is 9.20. The molecule has 2 aromatic carbocycles. The van der Waals surface area contributed by atoms with E-state index in [0.29, 0.717) is 47.8 Å². The lowest BCUT2D eigenvalue weighted by molar-refractivity contribution is -0.171. The number of aromatic hydroxyl groups is 1. The van der Waals surface area contributed by atoms with Gasteiger partial charge in [-0.1, -0.05) is 44.9 Å². The number of hydroxylamine groups is 2. The molecule has 1 saturated heterocycles. The van der Waals surface area contributed by atoms with E-state index in [-0.39, 0.29) is 30.9 Å². The van der Waals surface area contributed by atoms with E-state index in [2.05, 4.69) is 20.6 Å². The Hall–Kier alpha value is -4.81. The van der Waals surface area contributed by atoms with E-state index in [1.54, 1.807) is 31.2 Å². The number of rotatable bonds is 13. The Morgan fingerprint density at radius 1 is 0.953 bits per heavy atom. The maximum absolute atomic E-state index is 11.9. The highest BCUT2D eigenvalue weighted by Crippen LogP contribution is 2.24. The summed E-state index contributed by atoms with van der Waals surface area (Å²) in [7, 11) is 0. The van der Waals surface area contributed by atoms with Crippen LogP contribution in [0.3, 0.4) is 0 Å². The molecule has 5 N–H and O–H groups in total. The molecule has 1 fully saturated rings. The minimum absolute atomic E-state index is 0.0561. The predicted molar refractivity (Wildman–Crippen MR) is 158 cm³/mol. The summed E-state index contributed by atoms with van der Waals surface area (Å²) in [4.78, 5) is 61.3. The number of unbranched alkanes of at least 4 members (excludes halogenated alkanes) is 3. The first-order chi connectivity index (χ1) is 20.6. The Bertz CT molecular complexity index is 1230. The van der Waals surface area contributed by atoms with Crippen molar-refractivity contribution < 1.29 is 39.0 Å². The highest BCUT2D eigenvalue weighted by molar-refractivity contribution is 6.01. The lowest BCUT2D eigenvalue weighted by atomic mass is 10.1. The second kappa shape index (κ2) is 20.1. The Labute approximate surface area is 251 Å². The summed E-state index contributed by atoms with van der Waals surface area (Å²) in [6.07, 6.45) is 3.03. The Kier molecular flexibility index (Phi) is 17.0. The van der Waals surface area contributed by atoms with Crippen molar-refractivity contribution in [2.75, 3.05) is 13.1 Å². The molecule has 43 heavy (non-hydrogen) atoms. The first-order valence-electron chi connectivity index (χ1n) is 14.2. The fourth-order valence-electron chi connectivity index (χ4n) is 3.79. The van der Waals surface area contributed by atoms with Gasteiger partial charge < -0.3 is 25.7 Å². The lowest BCUT2D eigenvalue weighted by Crippen LogP contribution is -2.37. The summed E-state index contributed by atoms with van der Waals surface area (Å²) in [5.74, 6) is -1.94. The molecule has 234 valence electrons. The van der Waals surface area contributed by atoms with Crippen LogP contribution in [-0.4, -0.2) is 58.1 Å². The molecule has 0 saturated carbocycles. The average molecular weight is 600 g/mol. The van der Waals surface area contributed by atoms with Gasteiger partial charge in [0.05, 0.1) is 11.3 Å². The highest BCUT2D eigenvalue weighted by Gasteiger charge is 2.32. The normalized spacial score (nSPS) is 11.8. The van der Waals surface area contributed by atoms with Crippen molar-refractivity contribution in [1.29, 1.82) is 5.53 Å². The van der Waals surface area contributed by atoms with E-state index in [1.807, 2.05) is 19.9 Å². The third kappa shape index (κ3) is 13.6. The number of carbonyl (C=O) groups excluding carboxylic acids is 4. The summed E-state index contributed by atoms with van der Waals surface area (Å²) >= 11 is 0. The van der Waals surface area contributed by atoms with Crippen molar-refractivity contribution in [3.63, 3.8) is 0 Å². The molecule has 1 aliphatic rings. The molecule has 0 aromatic heterocycles. The maximum atomic E-state index is 11.9. The van der Waals surface area contributed by atoms with E-state index in [0.717, 1.165) is 24.8 Å². The van der Waals surface area contributed by atoms with Crippen molar-refractivity contribution in [1.82, 2.24) is 15.7 Å². The smallest absolute Gasteiger partial charge is 0.432 e. The van der Waals surface area contributed by atoms with E-state index < -0.39 is 23.9 Å². The number of nitrogens with zero attached hydrogens (tertiary/aromatic N) is 2. The van der Waals surface area contributed by atoms with E-state index in [9.17, 15) is 29.1 Å². The van der Waals surface area contributed by atoms with Gasteiger partial charge in [-0.05, 0) is 61.6 Å². The number of imide groups is 1. The number of carboxylic acids is 1. The zero-order valence-corrected chi connectivity index (χ0v) is 24.9. The summed E-state index contributed by atoms with van der Waals surface area (Å²) in [6, 6.07) is 11.5. The Morgan fingerprint density at radius 2 is 1.56 bits per heavy atom. The van der Waals surface area contributed by atoms with Gasteiger partial charge in [0, 0.05) is 32.4 Å². The molecule has 0 unspecified atom stereocenters. The summed E-state index contributed by atoms with van der Waals surface area (Å²) in [5, 5.41) is 27.5.